The number of carbonyl (C=O) groups excluding carboxylic acids is 1. The molecule has 1 rings (SSSR count). The monoisotopic (exact) mass is 992 g/mol. The summed E-state index contributed by atoms with van der Waals surface area (Å²) in [5.74, 6) is -0.222. The smallest absolute Gasteiger partial charge is 0.394 e. The lowest BCUT2D eigenvalue weighted by Crippen LogP contribution is -2.61. The van der Waals surface area contributed by atoms with Gasteiger partial charge in [-0.1, -0.05) is 271 Å². The Morgan fingerprint density at radius 1 is 0.529 bits per heavy atom. The second-order valence-corrected chi connectivity index (χ2v) is 21.6. The predicted octanol–water partition coefficient (Wildman–Crippen LogP) is 13.3. The van der Waals surface area contributed by atoms with Gasteiger partial charge in [0, 0.05) is 6.42 Å². The van der Waals surface area contributed by atoms with Gasteiger partial charge in [0.05, 0.1) is 25.4 Å². The number of nitrogens with one attached hydrogen (secondary N) is 1. The third kappa shape index (κ3) is 37.8. The van der Waals surface area contributed by atoms with Crippen LogP contribution in [0.15, 0.2) is 0 Å². The average Bonchev–Trinajstić information content (AvgIpc) is 3.31. The Kier molecular flexibility index (Phi) is 44.0. The van der Waals surface area contributed by atoms with E-state index < -0.39 is 59.9 Å². The van der Waals surface area contributed by atoms with Crippen molar-refractivity contribution in [3.05, 3.63) is 0 Å². The molecule has 7 unspecified atom stereocenters. The van der Waals surface area contributed by atoms with Gasteiger partial charge in [0.1, 0.15) is 24.4 Å². The van der Waals surface area contributed by atoms with Gasteiger partial charge in [-0.15, -0.1) is 0 Å². The fourth-order valence-corrected chi connectivity index (χ4v) is 10.2. The van der Waals surface area contributed by atoms with Gasteiger partial charge in [0.2, 0.25) is 5.91 Å². The van der Waals surface area contributed by atoms with E-state index in [4.69, 9.17) is 9.47 Å². The molecule has 0 saturated carbocycles. The van der Waals surface area contributed by atoms with E-state index >= 15 is 0 Å². The Bertz CT molecular complexity index is 1210. The van der Waals surface area contributed by atoms with Crippen LogP contribution >= 0.6 is 0 Å². The van der Waals surface area contributed by atoms with Crippen molar-refractivity contribution in [2.24, 2.45) is 0 Å². The number of unbranched alkanes of at least 4 members (excludes halogenated alkanes) is 39. The van der Waals surface area contributed by atoms with Gasteiger partial charge < -0.3 is 35.2 Å². The van der Waals surface area contributed by atoms with Crippen molar-refractivity contribution in [1.82, 2.24) is 5.32 Å². The predicted molar refractivity (Wildman–Crippen MR) is 278 cm³/mol. The molecule has 0 spiro atoms. The lowest BCUT2D eigenvalue weighted by atomic mass is 9.99. The second-order valence-electron chi connectivity index (χ2n) is 20.6. The molecule has 7 atom stereocenters. The summed E-state index contributed by atoms with van der Waals surface area (Å²) in [6.45, 7) is 3.50. The van der Waals surface area contributed by atoms with Crippen molar-refractivity contribution in [3.8, 4) is 0 Å². The molecule has 13 heteroatoms. The standard InChI is InChI=1S/C55H109NO11S/c1-3-5-7-9-11-13-15-17-19-21-23-24-25-27-28-30-32-34-36-38-40-42-44-49(58)48(47-65-55-53(61)54(67-68(62,63)64)52(60)50(46-57)66-55)56-51(59)45-43-41-39-37-35-33-31-29-26-22-20-18-16-14-12-10-8-6-4-2/h48-50,52-55,57-58,60-61H,3-47H2,1-2H3,(H,56,59)(H,62,63,64). The number of hydrogen-bond donors (Lipinski definition) is 6. The Morgan fingerprint density at radius 2 is 0.853 bits per heavy atom. The summed E-state index contributed by atoms with van der Waals surface area (Å²) in [5.41, 5.74) is 0. The molecule has 0 bridgehead atoms. The van der Waals surface area contributed by atoms with E-state index in [1.807, 2.05) is 0 Å². The molecule has 6 N–H and O–H groups in total. The molecule has 1 fully saturated rings. The SMILES string of the molecule is CCCCCCCCCCCCCCCCCCCCCCCCC(O)C(COC1OC(CO)C(O)C(OS(=O)(=O)O)C1O)NC(=O)CCCCCCCCCCCCCCCCCCCCC. The van der Waals surface area contributed by atoms with Crippen LogP contribution in [0, 0.1) is 0 Å². The van der Waals surface area contributed by atoms with Crippen molar-refractivity contribution < 1.29 is 51.8 Å². The van der Waals surface area contributed by atoms with Gasteiger partial charge in [-0.25, -0.2) is 4.18 Å². The maximum atomic E-state index is 13.1. The van der Waals surface area contributed by atoms with Crippen LogP contribution in [0.25, 0.3) is 0 Å². The highest BCUT2D eigenvalue weighted by atomic mass is 32.3. The number of ether oxygens (including phenoxy) is 2. The highest BCUT2D eigenvalue weighted by Gasteiger charge is 2.48. The summed E-state index contributed by atoms with van der Waals surface area (Å²) >= 11 is 0. The Balaban J connectivity index is 2.35. The number of carbonyl (C=O) groups is 1. The number of rotatable bonds is 51. The van der Waals surface area contributed by atoms with Gasteiger partial charge in [-0.2, -0.15) is 8.42 Å². The molecule has 1 saturated heterocycles. The second kappa shape index (κ2) is 45.9. The molecule has 0 aliphatic carbocycles. The minimum Gasteiger partial charge on any atom is -0.394 e. The Morgan fingerprint density at radius 3 is 1.18 bits per heavy atom. The van der Waals surface area contributed by atoms with Crippen molar-refractivity contribution in [2.75, 3.05) is 13.2 Å². The van der Waals surface area contributed by atoms with Gasteiger partial charge in [0.15, 0.2) is 6.29 Å². The number of aliphatic hydroxyl groups excluding tert-OH is 4. The van der Waals surface area contributed by atoms with Gasteiger partial charge in [-0.3, -0.25) is 9.35 Å². The van der Waals surface area contributed by atoms with E-state index in [1.165, 1.54) is 212 Å². The van der Waals surface area contributed by atoms with Crippen LogP contribution in [0.5, 0.6) is 0 Å². The minimum atomic E-state index is -5.08. The van der Waals surface area contributed by atoms with E-state index in [0.717, 1.165) is 51.4 Å². The molecule has 1 heterocycles. The van der Waals surface area contributed by atoms with E-state index in [0.29, 0.717) is 12.8 Å². The van der Waals surface area contributed by atoms with Crippen molar-refractivity contribution in [3.63, 3.8) is 0 Å². The molecule has 0 radical (unpaired) electrons. The average molecular weight is 993 g/mol. The fourth-order valence-electron chi connectivity index (χ4n) is 9.70. The van der Waals surface area contributed by atoms with Gasteiger partial charge in [-0.05, 0) is 12.8 Å². The Hall–Kier alpha value is -0.900. The zero-order chi connectivity index (χ0) is 49.8. The summed E-state index contributed by atoms with van der Waals surface area (Å²) in [7, 11) is -5.08. The molecule has 406 valence electrons. The molecular formula is C55H109NO11S. The van der Waals surface area contributed by atoms with Gasteiger partial charge >= 0.3 is 10.4 Å². The summed E-state index contributed by atoms with van der Waals surface area (Å²) < 4.78 is 47.9. The molecule has 68 heavy (non-hydrogen) atoms. The molecule has 0 aromatic rings. The minimum absolute atomic E-state index is 0.222. The lowest BCUT2D eigenvalue weighted by Gasteiger charge is -2.41. The molecular weight excluding hydrogens is 883 g/mol. The highest BCUT2D eigenvalue weighted by Crippen LogP contribution is 2.26. The van der Waals surface area contributed by atoms with Crippen molar-refractivity contribution >= 4 is 16.3 Å². The van der Waals surface area contributed by atoms with Gasteiger partial charge in [0.25, 0.3) is 0 Å². The van der Waals surface area contributed by atoms with Crippen molar-refractivity contribution in [2.45, 2.75) is 333 Å². The first-order chi connectivity index (χ1) is 33.0. The maximum absolute atomic E-state index is 13.1. The summed E-state index contributed by atoms with van der Waals surface area (Å²) in [6, 6.07) is -0.853. The first kappa shape index (κ1) is 65.1. The topological polar surface area (TPSA) is 192 Å². The number of amides is 1. The largest absolute Gasteiger partial charge is 0.397 e. The summed E-state index contributed by atoms with van der Waals surface area (Å²) in [5, 5.41) is 45.1. The molecule has 0 aromatic carbocycles. The zero-order valence-corrected chi connectivity index (χ0v) is 44.8. The van der Waals surface area contributed by atoms with E-state index in [1.54, 1.807) is 0 Å². The number of aliphatic hydroxyl groups is 4. The Labute approximate surface area is 418 Å². The van der Waals surface area contributed by atoms with E-state index in [2.05, 4.69) is 23.3 Å². The van der Waals surface area contributed by atoms with E-state index in [-0.39, 0.29) is 12.5 Å². The van der Waals surface area contributed by atoms with Crippen LogP contribution in [0.2, 0.25) is 0 Å². The van der Waals surface area contributed by atoms with Crippen molar-refractivity contribution in [1.29, 1.82) is 0 Å². The summed E-state index contributed by atoms with van der Waals surface area (Å²) in [6.07, 6.45) is 43.9. The number of hydrogen-bond acceptors (Lipinski definition) is 10. The van der Waals surface area contributed by atoms with Crippen LogP contribution < -0.4 is 5.32 Å². The van der Waals surface area contributed by atoms with Crippen LogP contribution in [0.3, 0.4) is 0 Å². The first-order valence-electron chi connectivity index (χ1n) is 28.9. The lowest BCUT2D eigenvalue weighted by molar-refractivity contribution is -0.298. The van der Waals surface area contributed by atoms with Crippen LogP contribution in [0.4, 0.5) is 0 Å². The molecule has 1 aliphatic heterocycles. The first-order valence-corrected chi connectivity index (χ1v) is 30.3. The van der Waals surface area contributed by atoms with Crippen LogP contribution in [-0.2, 0) is 28.9 Å². The zero-order valence-electron chi connectivity index (χ0n) is 44.0. The highest BCUT2D eigenvalue weighted by molar-refractivity contribution is 7.80. The third-order valence-electron chi connectivity index (χ3n) is 14.2. The van der Waals surface area contributed by atoms with Crippen LogP contribution in [0.1, 0.15) is 290 Å². The molecule has 1 aliphatic rings. The third-order valence-corrected chi connectivity index (χ3v) is 14.6. The maximum Gasteiger partial charge on any atom is 0.397 e. The molecule has 0 aromatic heterocycles. The molecule has 12 nitrogen and oxygen atoms in total. The quantitative estimate of drug-likeness (QED) is 0.0251. The fraction of sp³-hybridized carbons (Fsp3) is 0.982. The molecule has 1 amide bonds. The summed E-state index contributed by atoms with van der Waals surface area (Å²) in [4.78, 5) is 13.1. The van der Waals surface area contributed by atoms with E-state index in [9.17, 15) is 38.2 Å². The normalized spacial score (nSPS) is 19.7. The van der Waals surface area contributed by atoms with Crippen LogP contribution in [-0.4, -0.2) is 95.4 Å².